The second-order valence-corrected chi connectivity index (χ2v) is 11.7. The highest BCUT2D eigenvalue weighted by Gasteiger charge is 2.24. The summed E-state index contributed by atoms with van der Waals surface area (Å²) in [5, 5.41) is 5.74. The van der Waals surface area contributed by atoms with E-state index in [-0.39, 0.29) is 5.75 Å². The fourth-order valence-electron chi connectivity index (χ4n) is 4.90. The average Bonchev–Trinajstić information content (AvgIpc) is 3.18. The summed E-state index contributed by atoms with van der Waals surface area (Å²) in [4.78, 5) is 13.6. The molecule has 5 rings (SSSR count). The van der Waals surface area contributed by atoms with Crippen LogP contribution in [0.1, 0.15) is 36.3 Å². The van der Waals surface area contributed by atoms with Gasteiger partial charge in [-0.1, -0.05) is 0 Å². The summed E-state index contributed by atoms with van der Waals surface area (Å²) < 4.78 is 30.3. The molecule has 3 aromatic rings. The van der Waals surface area contributed by atoms with E-state index in [9.17, 15) is 8.42 Å². The molecule has 0 bridgehead atoms. The Hall–Kier alpha value is -2.72. The van der Waals surface area contributed by atoms with Crippen LogP contribution in [0.15, 0.2) is 24.4 Å². The monoisotopic (exact) mass is 484 g/mol. The molecule has 9 nitrogen and oxygen atoms in total. The average molecular weight is 485 g/mol. The number of fused-ring (bicyclic) bond motifs is 1. The van der Waals surface area contributed by atoms with E-state index in [0.29, 0.717) is 24.3 Å². The van der Waals surface area contributed by atoms with Crippen molar-refractivity contribution in [1.82, 2.24) is 24.6 Å². The molecule has 0 N–H and O–H groups in total. The summed E-state index contributed by atoms with van der Waals surface area (Å²) >= 11 is 0. The lowest BCUT2D eigenvalue weighted by Gasteiger charge is -2.32. The number of sulfone groups is 1. The Bertz CT molecular complexity index is 1290. The summed E-state index contributed by atoms with van der Waals surface area (Å²) in [6.07, 6.45) is 6.40. The summed E-state index contributed by atoms with van der Waals surface area (Å²) in [6.45, 7) is 6.60. The van der Waals surface area contributed by atoms with Crippen LogP contribution >= 0.6 is 0 Å². The molecule has 182 valence electrons. The quantitative estimate of drug-likeness (QED) is 0.505. The first-order valence-corrected chi connectivity index (χ1v) is 13.9. The Kier molecular flexibility index (Phi) is 6.20. The molecule has 0 amide bonds. The lowest BCUT2D eigenvalue weighted by Crippen LogP contribution is -2.37. The third-order valence-electron chi connectivity index (χ3n) is 7.02. The molecule has 0 radical (unpaired) electrons. The summed E-state index contributed by atoms with van der Waals surface area (Å²) in [5.74, 6) is 2.24. The molecular formula is C24H32N6O3S. The number of methoxy groups -OCH3 is 1. The molecule has 1 aromatic carbocycles. The molecule has 2 saturated heterocycles. The minimum Gasteiger partial charge on any atom is -0.467 e. The first kappa shape index (κ1) is 23.0. The minimum absolute atomic E-state index is 0.226. The van der Waals surface area contributed by atoms with Crippen LogP contribution in [-0.2, 0) is 9.84 Å². The van der Waals surface area contributed by atoms with E-state index >= 15 is 0 Å². The number of aryl methyl sites for hydroxylation is 1. The largest absolute Gasteiger partial charge is 0.467 e. The van der Waals surface area contributed by atoms with Gasteiger partial charge in [0.2, 0.25) is 0 Å². The van der Waals surface area contributed by atoms with E-state index in [1.165, 1.54) is 23.8 Å². The van der Waals surface area contributed by atoms with Crippen molar-refractivity contribution >= 4 is 26.6 Å². The van der Waals surface area contributed by atoms with Gasteiger partial charge in [-0.3, -0.25) is 0 Å². The highest BCUT2D eigenvalue weighted by atomic mass is 32.2. The maximum Gasteiger partial charge on any atom is 0.320 e. The molecule has 10 heteroatoms. The number of hydrogen-bond acceptors (Lipinski definition) is 8. The molecule has 0 aliphatic carbocycles. The smallest absolute Gasteiger partial charge is 0.320 e. The van der Waals surface area contributed by atoms with Crippen LogP contribution < -0.4 is 9.64 Å². The molecule has 2 aromatic heterocycles. The van der Waals surface area contributed by atoms with Crippen molar-refractivity contribution in [2.24, 2.45) is 0 Å². The molecule has 2 aliphatic heterocycles. The molecule has 0 spiro atoms. The van der Waals surface area contributed by atoms with Gasteiger partial charge in [-0.25, -0.2) is 13.1 Å². The molecule has 0 unspecified atom stereocenters. The van der Waals surface area contributed by atoms with Crippen LogP contribution in [0, 0.1) is 6.92 Å². The van der Waals surface area contributed by atoms with Gasteiger partial charge in [0, 0.05) is 37.3 Å². The van der Waals surface area contributed by atoms with E-state index in [1.807, 2.05) is 16.9 Å². The van der Waals surface area contributed by atoms with Gasteiger partial charge >= 0.3 is 6.01 Å². The zero-order chi connectivity index (χ0) is 23.9. The Morgan fingerprint density at radius 3 is 2.44 bits per heavy atom. The van der Waals surface area contributed by atoms with Gasteiger partial charge in [0.1, 0.15) is 15.7 Å². The second kappa shape index (κ2) is 9.14. The molecule has 4 heterocycles. The number of hydrogen-bond donors (Lipinski definition) is 0. The van der Waals surface area contributed by atoms with Crippen molar-refractivity contribution in [1.29, 1.82) is 0 Å². The fourth-order valence-corrected chi connectivity index (χ4v) is 5.49. The summed E-state index contributed by atoms with van der Waals surface area (Å²) in [6, 6.07) is 6.79. The Morgan fingerprint density at radius 2 is 1.79 bits per heavy atom. The van der Waals surface area contributed by atoms with Crippen LogP contribution in [-0.4, -0.2) is 84.9 Å². The van der Waals surface area contributed by atoms with Crippen molar-refractivity contribution in [2.75, 3.05) is 56.7 Å². The van der Waals surface area contributed by atoms with Crippen molar-refractivity contribution in [3.05, 3.63) is 35.5 Å². The summed E-state index contributed by atoms with van der Waals surface area (Å²) in [7, 11) is -1.34. The number of benzene rings is 1. The number of piperidine rings is 1. The van der Waals surface area contributed by atoms with Crippen molar-refractivity contribution in [3.63, 3.8) is 0 Å². The fraction of sp³-hybridized carbons (Fsp3) is 0.542. The minimum atomic E-state index is -2.93. The van der Waals surface area contributed by atoms with E-state index in [0.717, 1.165) is 55.7 Å². The van der Waals surface area contributed by atoms with E-state index in [1.54, 1.807) is 7.11 Å². The molecule has 0 atom stereocenters. The number of anilines is 1. The summed E-state index contributed by atoms with van der Waals surface area (Å²) in [5.41, 5.74) is 3.62. The number of rotatable bonds is 7. The normalized spacial score (nSPS) is 17.8. The van der Waals surface area contributed by atoms with Gasteiger partial charge in [-0.05, 0) is 68.5 Å². The van der Waals surface area contributed by atoms with Crippen LogP contribution in [0.3, 0.4) is 0 Å². The maximum atomic E-state index is 11.5. The number of ether oxygens (including phenoxy) is 1. The lowest BCUT2D eigenvalue weighted by atomic mass is 9.86. The third kappa shape index (κ3) is 4.74. The number of likely N-dealkylation sites (tertiary alicyclic amines) is 1. The predicted octanol–water partition coefficient (Wildman–Crippen LogP) is 2.57. The van der Waals surface area contributed by atoms with Crippen LogP contribution in [0.4, 0.5) is 5.82 Å². The van der Waals surface area contributed by atoms with Crippen molar-refractivity contribution < 1.29 is 13.2 Å². The zero-order valence-electron chi connectivity index (χ0n) is 20.1. The van der Waals surface area contributed by atoms with E-state index < -0.39 is 9.84 Å². The Labute approximate surface area is 200 Å². The van der Waals surface area contributed by atoms with Crippen LogP contribution in [0.5, 0.6) is 6.01 Å². The highest BCUT2D eigenvalue weighted by Crippen LogP contribution is 2.34. The molecule has 2 fully saturated rings. The molecule has 34 heavy (non-hydrogen) atoms. The molecule has 2 aliphatic rings. The standard InChI is InChI=1S/C24H32N6O3S/c1-17-13-19-16-25-30(23-15-22(29-7-4-8-29)26-24(27-23)33-2)21(19)14-20(17)18-5-9-28(10-6-18)11-12-34(3,31)32/h13-16,18H,4-12H2,1-3H3. The SMILES string of the molecule is COc1nc(N2CCC2)cc(-n2ncc3cc(C)c(C4CCN(CCS(C)(=O)=O)CC4)cc32)n1. The van der Waals surface area contributed by atoms with E-state index in [2.05, 4.69) is 43.9 Å². The van der Waals surface area contributed by atoms with Crippen molar-refractivity contribution in [3.8, 4) is 11.8 Å². The molecular weight excluding hydrogens is 452 g/mol. The number of aromatic nitrogens is 4. The van der Waals surface area contributed by atoms with Gasteiger partial charge in [-0.15, -0.1) is 0 Å². The van der Waals surface area contributed by atoms with Gasteiger partial charge in [0.25, 0.3) is 0 Å². The maximum absolute atomic E-state index is 11.5. The topological polar surface area (TPSA) is 93.5 Å². The second-order valence-electron chi connectivity index (χ2n) is 9.48. The predicted molar refractivity (Wildman–Crippen MR) is 133 cm³/mol. The van der Waals surface area contributed by atoms with Crippen LogP contribution in [0.25, 0.3) is 16.7 Å². The third-order valence-corrected chi connectivity index (χ3v) is 7.94. The van der Waals surface area contributed by atoms with E-state index in [4.69, 9.17) is 4.74 Å². The molecule has 0 saturated carbocycles. The van der Waals surface area contributed by atoms with Gasteiger partial charge < -0.3 is 14.5 Å². The van der Waals surface area contributed by atoms with Crippen molar-refractivity contribution in [2.45, 2.75) is 32.1 Å². The zero-order valence-corrected chi connectivity index (χ0v) is 20.9. The van der Waals surface area contributed by atoms with Gasteiger partial charge in [0.05, 0.1) is 24.6 Å². The van der Waals surface area contributed by atoms with Gasteiger partial charge in [-0.2, -0.15) is 15.1 Å². The number of nitrogens with zero attached hydrogens (tertiary/aromatic N) is 6. The first-order valence-electron chi connectivity index (χ1n) is 11.9. The van der Waals surface area contributed by atoms with Crippen LogP contribution in [0.2, 0.25) is 0 Å². The first-order chi connectivity index (χ1) is 16.3. The lowest BCUT2D eigenvalue weighted by molar-refractivity contribution is 0.223. The van der Waals surface area contributed by atoms with Gasteiger partial charge in [0.15, 0.2) is 5.82 Å². The Morgan fingerprint density at radius 1 is 1.06 bits per heavy atom. The highest BCUT2D eigenvalue weighted by molar-refractivity contribution is 7.90. The Balaban J connectivity index is 1.42.